The van der Waals surface area contributed by atoms with Gasteiger partial charge in [-0.1, -0.05) is 18.2 Å². The quantitative estimate of drug-likeness (QED) is 0.671. The third kappa shape index (κ3) is 3.64. The molecule has 0 aliphatic carbocycles. The van der Waals surface area contributed by atoms with Gasteiger partial charge in [0, 0.05) is 19.3 Å². The SMILES string of the molecule is NC(=O)C(O)CNCc1ccn(-c2ccccc2)n1. The lowest BCUT2D eigenvalue weighted by Gasteiger charge is -2.06. The second-order valence-corrected chi connectivity index (χ2v) is 4.14. The zero-order valence-corrected chi connectivity index (χ0v) is 10.4. The molecule has 1 aromatic carbocycles. The van der Waals surface area contributed by atoms with Crippen LogP contribution in [0, 0.1) is 0 Å². The van der Waals surface area contributed by atoms with E-state index < -0.39 is 12.0 Å². The van der Waals surface area contributed by atoms with Gasteiger partial charge in [-0.3, -0.25) is 4.79 Å². The van der Waals surface area contributed by atoms with Gasteiger partial charge in [-0.2, -0.15) is 5.10 Å². The number of aromatic nitrogens is 2. The summed E-state index contributed by atoms with van der Waals surface area (Å²) in [4.78, 5) is 10.6. The summed E-state index contributed by atoms with van der Waals surface area (Å²) in [5.74, 6) is -0.734. The molecular formula is C13H16N4O2. The summed E-state index contributed by atoms with van der Waals surface area (Å²) in [6, 6.07) is 11.6. The molecule has 2 aromatic rings. The lowest BCUT2D eigenvalue weighted by Crippen LogP contribution is -2.37. The van der Waals surface area contributed by atoms with Gasteiger partial charge in [-0.05, 0) is 18.2 Å². The molecular weight excluding hydrogens is 244 g/mol. The number of aliphatic hydroxyl groups excluding tert-OH is 1. The molecule has 4 N–H and O–H groups in total. The minimum atomic E-state index is -1.17. The van der Waals surface area contributed by atoms with Crippen molar-refractivity contribution in [1.29, 1.82) is 0 Å². The highest BCUT2D eigenvalue weighted by Gasteiger charge is 2.09. The Morgan fingerprint density at radius 3 is 2.79 bits per heavy atom. The summed E-state index contributed by atoms with van der Waals surface area (Å²) in [6.45, 7) is 0.581. The number of rotatable bonds is 6. The molecule has 1 amide bonds. The smallest absolute Gasteiger partial charge is 0.247 e. The summed E-state index contributed by atoms with van der Waals surface area (Å²) in [5, 5.41) is 16.5. The topological polar surface area (TPSA) is 93.2 Å². The van der Waals surface area contributed by atoms with Crippen molar-refractivity contribution in [3.8, 4) is 5.69 Å². The van der Waals surface area contributed by atoms with Crippen molar-refractivity contribution in [2.45, 2.75) is 12.6 Å². The molecule has 1 unspecified atom stereocenters. The van der Waals surface area contributed by atoms with Crippen LogP contribution in [0.25, 0.3) is 5.69 Å². The van der Waals surface area contributed by atoms with Crippen LogP contribution in [-0.2, 0) is 11.3 Å². The van der Waals surface area contributed by atoms with Gasteiger partial charge < -0.3 is 16.2 Å². The maximum Gasteiger partial charge on any atom is 0.247 e. The van der Waals surface area contributed by atoms with Gasteiger partial charge in [0.1, 0.15) is 6.10 Å². The number of amides is 1. The molecule has 6 nitrogen and oxygen atoms in total. The molecule has 100 valence electrons. The number of hydrogen-bond donors (Lipinski definition) is 3. The van der Waals surface area contributed by atoms with E-state index in [2.05, 4.69) is 10.4 Å². The molecule has 0 bridgehead atoms. The van der Waals surface area contributed by atoms with E-state index in [1.165, 1.54) is 0 Å². The van der Waals surface area contributed by atoms with Gasteiger partial charge in [0.25, 0.3) is 0 Å². The number of primary amides is 1. The second-order valence-electron chi connectivity index (χ2n) is 4.14. The Bertz CT molecular complexity index is 539. The van der Waals surface area contributed by atoms with E-state index in [0.29, 0.717) is 6.54 Å². The molecule has 1 aromatic heterocycles. The van der Waals surface area contributed by atoms with Crippen LogP contribution in [0.5, 0.6) is 0 Å². The number of nitrogens with zero attached hydrogens (tertiary/aromatic N) is 2. The number of hydrogen-bond acceptors (Lipinski definition) is 4. The first-order chi connectivity index (χ1) is 9.16. The molecule has 19 heavy (non-hydrogen) atoms. The third-order valence-electron chi connectivity index (χ3n) is 2.64. The van der Waals surface area contributed by atoms with Crippen LogP contribution >= 0.6 is 0 Å². The lowest BCUT2D eigenvalue weighted by molar-refractivity contribution is -0.125. The van der Waals surface area contributed by atoms with E-state index in [1.807, 2.05) is 42.6 Å². The Hall–Kier alpha value is -2.18. The van der Waals surface area contributed by atoms with Crippen LogP contribution < -0.4 is 11.1 Å². The number of carbonyl (C=O) groups excluding carboxylic acids is 1. The maximum atomic E-state index is 10.6. The molecule has 0 saturated carbocycles. The largest absolute Gasteiger partial charge is 0.382 e. The standard InChI is InChI=1S/C13H16N4O2/c14-13(19)12(18)9-15-8-10-6-7-17(16-10)11-4-2-1-3-5-11/h1-7,12,15,18H,8-9H2,(H2,14,19). The van der Waals surface area contributed by atoms with Gasteiger partial charge in [0.15, 0.2) is 0 Å². The predicted molar refractivity (Wildman–Crippen MR) is 70.5 cm³/mol. The predicted octanol–water partition coefficient (Wildman–Crippen LogP) is -0.192. The number of nitrogens with two attached hydrogens (primary N) is 1. The highest BCUT2D eigenvalue weighted by molar-refractivity contribution is 5.78. The molecule has 2 rings (SSSR count). The van der Waals surface area contributed by atoms with Crippen molar-refractivity contribution < 1.29 is 9.90 Å². The molecule has 0 saturated heterocycles. The normalized spacial score (nSPS) is 12.3. The molecule has 6 heteroatoms. The second kappa shape index (κ2) is 6.12. The number of para-hydroxylation sites is 1. The first-order valence-corrected chi connectivity index (χ1v) is 5.95. The van der Waals surface area contributed by atoms with Gasteiger partial charge in [0.05, 0.1) is 11.4 Å². The molecule has 0 aliphatic heterocycles. The average molecular weight is 260 g/mol. The van der Waals surface area contributed by atoms with Crippen molar-refractivity contribution in [1.82, 2.24) is 15.1 Å². The number of aliphatic hydroxyl groups is 1. The van der Waals surface area contributed by atoms with E-state index in [0.717, 1.165) is 11.4 Å². The molecule has 0 aliphatic rings. The van der Waals surface area contributed by atoms with E-state index in [4.69, 9.17) is 5.73 Å². The molecule has 0 fully saturated rings. The minimum absolute atomic E-state index is 0.119. The first kappa shape index (κ1) is 13.3. The fourth-order valence-electron chi connectivity index (χ4n) is 1.62. The van der Waals surface area contributed by atoms with Gasteiger partial charge in [0.2, 0.25) is 5.91 Å². The van der Waals surface area contributed by atoms with Crippen LogP contribution in [0.1, 0.15) is 5.69 Å². The lowest BCUT2D eigenvalue weighted by atomic mass is 10.3. The maximum absolute atomic E-state index is 10.6. The van der Waals surface area contributed by atoms with Gasteiger partial charge >= 0.3 is 0 Å². The highest BCUT2D eigenvalue weighted by atomic mass is 16.3. The first-order valence-electron chi connectivity index (χ1n) is 5.95. The zero-order chi connectivity index (χ0) is 13.7. The Morgan fingerprint density at radius 2 is 2.11 bits per heavy atom. The Labute approximate surface area is 110 Å². The van der Waals surface area contributed by atoms with E-state index >= 15 is 0 Å². The van der Waals surface area contributed by atoms with E-state index in [1.54, 1.807) is 4.68 Å². The van der Waals surface area contributed by atoms with Crippen molar-refractivity contribution >= 4 is 5.91 Å². The Balaban J connectivity index is 1.90. The van der Waals surface area contributed by atoms with Crippen LogP contribution in [0.15, 0.2) is 42.6 Å². The van der Waals surface area contributed by atoms with E-state index in [-0.39, 0.29) is 6.54 Å². The fourth-order valence-corrected chi connectivity index (χ4v) is 1.62. The molecule has 0 spiro atoms. The highest BCUT2D eigenvalue weighted by Crippen LogP contribution is 2.06. The Kier molecular flexibility index (Phi) is 4.27. The molecule has 0 radical (unpaired) electrons. The van der Waals surface area contributed by atoms with Crippen molar-refractivity contribution in [3.63, 3.8) is 0 Å². The summed E-state index contributed by atoms with van der Waals surface area (Å²) in [6.07, 6.45) is 0.688. The van der Waals surface area contributed by atoms with E-state index in [9.17, 15) is 9.90 Å². The Morgan fingerprint density at radius 1 is 1.37 bits per heavy atom. The summed E-state index contributed by atoms with van der Waals surface area (Å²) >= 11 is 0. The summed E-state index contributed by atoms with van der Waals surface area (Å²) < 4.78 is 1.77. The minimum Gasteiger partial charge on any atom is -0.382 e. The van der Waals surface area contributed by atoms with Crippen molar-refractivity contribution in [2.24, 2.45) is 5.73 Å². The number of benzene rings is 1. The third-order valence-corrected chi connectivity index (χ3v) is 2.64. The monoisotopic (exact) mass is 260 g/mol. The average Bonchev–Trinajstić information content (AvgIpc) is 2.88. The van der Waals surface area contributed by atoms with Crippen LogP contribution in [0.3, 0.4) is 0 Å². The van der Waals surface area contributed by atoms with Crippen LogP contribution in [0.2, 0.25) is 0 Å². The molecule has 1 heterocycles. The van der Waals surface area contributed by atoms with Crippen molar-refractivity contribution in [2.75, 3.05) is 6.54 Å². The fraction of sp³-hybridized carbons (Fsp3) is 0.231. The van der Waals surface area contributed by atoms with Crippen molar-refractivity contribution in [3.05, 3.63) is 48.3 Å². The summed E-state index contributed by atoms with van der Waals surface area (Å²) in [5.41, 5.74) is 6.74. The summed E-state index contributed by atoms with van der Waals surface area (Å²) in [7, 11) is 0. The molecule has 1 atom stereocenters. The van der Waals surface area contributed by atoms with Crippen LogP contribution in [-0.4, -0.2) is 33.4 Å². The van der Waals surface area contributed by atoms with Gasteiger partial charge in [-0.25, -0.2) is 4.68 Å². The van der Waals surface area contributed by atoms with Gasteiger partial charge in [-0.15, -0.1) is 0 Å². The van der Waals surface area contributed by atoms with Crippen LogP contribution in [0.4, 0.5) is 0 Å². The number of carbonyl (C=O) groups is 1. The zero-order valence-electron chi connectivity index (χ0n) is 10.4. The number of nitrogens with one attached hydrogen (secondary N) is 1.